The number of nitrogens with one attached hydrogen (secondary N) is 1. The van der Waals surface area contributed by atoms with Crippen LogP contribution in [0.1, 0.15) is 107 Å². The van der Waals surface area contributed by atoms with Crippen LogP contribution in [0.5, 0.6) is 0 Å². The van der Waals surface area contributed by atoms with E-state index in [2.05, 4.69) is 12.2 Å². The van der Waals surface area contributed by atoms with Gasteiger partial charge in [-0.25, -0.2) is 4.79 Å². The van der Waals surface area contributed by atoms with Gasteiger partial charge in [0.15, 0.2) is 0 Å². The molecule has 0 atom stereocenters. The maximum atomic E-state index is 10.9. The second-order valence-electron chi connectivity index (χ2n) is 7.52. The Hall–Kier alpha value is -1.22. The highest BCUT2D eigenvalue weighted by Gasteiger charge is 2.08. The summed E-state index contributed by atoms with van der Waals surface area (Å²) in [4.78, 5) is 10.9. The highest BCUT2D eigenvalue weighted by Crippen LogP contribution is 2.21. The van der Waals surface area contributed by atoms with Crippen molar-refractivity contribution < 1.29 is 9.90 Å². The van der Waals surface area contributed by atoms with Crippen LogP contribution >= 0.6 is 11.6 Å². The zero-order valence-corrected chi connectivity index (χ0v) is 17.8. The average Bonchev–Trinajstić information content (AvgIpc) is 2.64. The minimum absolute atomic E-state index is 0.152. The van der Waals surface area contributed by atoms with Crippen molar-refractivity contribution in [3.05, 3.63) is 28.8 Å². The van der Waals surface area contributed by atoms with E-state index >= 15 is 0 Å². The highest BCUT2D eigenvalue weighted by molar-refractivity contribution is 6.33. The summed E-state index contributed by atoms with van der Waals surface area (Å²) in [7, 11) is 0. The normalized spacial score (nSPS) is 10.9. The van der Waals surface area contributed by atoms with Gasteiger partial charge in [0.1, 0.15) is 0 Å². The van der Waals surface area contributed by atoms with Gasteiger partial charge in [-0.05, 0) is 24.6 Å². The number of hydrogen-bond acceptors (Lipinski definition) is 2. The summed E-state index contributed by atoms with van der Waals surface area (Å²) in [6.07, 6.45) is 19.0. The Morgan fingerprint density at radius 1 is 0.852 bits per heavy atom. The van der Waals surface area contributed by atoms with Gasteiger partial charge in [-0.15, -0.1) is 0 Å². The van der Waals surface area contributed by atoms with Crippen molar-refractivity contribution in [3.63, 3.8) is 0 Å². The molecule has 0 fully saturated rings. The molecule has 1 aromatic rings. The standard InChI is InChI=1S/C23H38ClNO2/c1-2-3-4-5-6-7-8-9-10-11-12-13-14-15-18-25-20-16-17-21(23(26)27)22(24)19-20/h16-17,19,25H,2-15,18H2,1H3,(H,26,27). The molecule has 0 aliphatic heterocycles. The molecule has 0 radical (unpaired) electrons. The first-order valence-electron chi connectivity index (χ1n) is 10.9. The average molecular weight is 396 g/mol. The minimum Gasteiger partial charge on any atom is -0.478 e. The summed E-state index contributed by atoms with van der Waals surface area (Å²) in [6.45, 7) is 3.18. The van der Waals surface area contributed by atoms with Gasteiger partial charge in [0.25, 0.3) is 0 Å². The van der Waals surface area contributed by atoms with Gasteiger partial charge in [-0.3, -0.25) is 0 Å². The Labute approximate surface area is 170 Å². The number of halogens is 1. The molecule has 4 heteroatoms. The monoisotopic (exact) mass is 395 g/mol. The van der Waals surface area contributed by atoms with E-state index in [-0.39, 0.29) is 10.6 Å². The summed E-state index contributed by atoms with van der Waals surface area (Å²) in [6, 6.07) is 5.02. The largest absolute Gasteiger partial charge is 0.478 e. The van der Waals surface area contributed by atoms with Crippen LogP contribution in [0, 0.1) is 0 Å². The third kappa shape index (κ3) is 12.0. The quantitative estimate of drug-likeness (QED) is 0.263. The zero-order chi connectivity index (χ0) is 19.7. The lowest BCUT2D eigenvalue weighted by molar-refractivity contribution is 0.0697. The lowest BCUT2D eigenvalue weighted by Gasteiger charge is -2.08. The molecule has 3 nitrogen and oxygen atoms in total. The Morgan fingerprint density at radius 3 is 1.78 bits per heavy atom. The van der Waals surface area contributed by atoms with E-state index in [1.165, 1.54) is 83.5 Å². The molecule has 154 valence electrons. The molecule has 1 aromatic carbocycles. The third-order valence-electron chi connectivity index (χ3n) is 5.06. The van der Waals surface area contributed by atoms with Crippen molar-refractivity contribution in [2.75, 3.05) is 11.9 Å². The van der Waals surface area contributed by atoms with Crippen LogP contribution in [0.3, 0.4) is 0 Å². The summed E-state index contributed by atoms with van der Waals surface area (Å²) >= 11 is 5.97. The predicted molar refractivity (Wildman–Crippen MR) is 117 cm³/mol. The third-order valence-corrected chi connectivity index (χ3v) is 5.37. The van der Waals surface area contributed by atoms with E-state index < -0.39 is 5.97 Å². The molecule has 27 heavy (non-hydrogen) atoms. The Bertz CT molecular complexity index is 519. The first-order valence-corrected chi connectivity index (χ1v) is 11.3. The Kier molecular flexibility index (Phi) is 13.9. The molecule has 0 saturated carbocycles. The second-order valence-corrected chi connectivity index (χ2v) is 7.93. The van der Waals surface area contributed by atoms with Crippen molar-refractivity contribution in [3.8, 4) is 0 Å². The van der Waals surface area contributed by atoms with Crippen LogP contribution in [-0.4, -0.2) is 17.6 Å². The van der Waals surface area contributed by atoms with E-state index in [9.17, 15) is 4.79 Å². The number of aromatic carboxylic acids is 1. The van der Waals surface area contributed by atoms with Crippen LogP contribution in [-0.2, 0) is 0 Å². The van der Waals surface area contributed by atoms with E-state index in [0.29, 0.717) is 0 Å². The molecule has 0 unspecified atom stereocenters. The van der Waals surface area contributed by atoms with Gasteiger partial charge in [0, 0.05) is 12.2 Å². The molecular formula is C23H38ClNO2. The SMILES string of the molecule is CCCCCCCCCCCCCCCCNc1ccc(C(=O)O)c(Cl)c1. The number of unbranched alkanes of at least 4 members (excludes halogenated alkanes) is 13. The lowest BCUT2D eigenvalue weighted by atomic mass is 10.0. The smallest absolute Gasteiger partial charge is 0.337 e. The second kappa shape index (κ2) is 15.8. The number of benzene rings is 1. The number of carbonyl (C=O) groups is 1. The van der Waals surface area contributed by atoms with Gasteiger partial charge < -0.3 is 10.4 Å². The van der Waals surface area contributed by atoms with E-state index in [1.54, 1.807) is 18.2 Å². The number of hydrogen-bond donors (Lipinski definition) is 2. The Balaban J connectivity index is 1.89. The predicted octanol–water partition coefficient (Wildman–Crippen LogP) is 7.93. The van der Waals surface area contributed by atoms with Gasteiger partial charge in [-0.1, -0.05) is 102 Å². The molecule has 0 bridgehead atoms. The number of rotatable bonds is 17. The Morgan fingerprint density at radius 2 is 1.33 bits per heavy atom. The molecule has 0 heterocycles. The van der Waals surface area contributed by atoms with Crippen LogP contribution in [0.2, 0.25) is 5.02 Å². The molecular weight excluding hydrogens is 358 g/mol. The van der Waals surface area contributed by atoms with Gasteiger partial charge >= 0.3 is 5.97 Å². The lowest BCUT2D eigenvalue weighted by Crippen LogP contribution is -2.03. The fraction of sp³-hybridized carbons (Fsp3) is 0.696. The van der Waals surface area contributed by atoms with Crippen molar-refractivity contribution in [2.24, 2.45) is 0 Å². The van der Waals surface area contributed by atoms with E-state index in [4.69, 9.17) is 16.7 Å². The molecule has 0 saturated heterocycles. The minimum atomic E-state index is -0.987. The molecule has 0 aliphatic rings. The summed E-state index contributed by atoms with van der Waals surface area (Å²) in [5.41, 5.74) is 1.04. The molecule has 1 rings (SSSR count). The first kappa shape index (κ1) is 23.8. The maximum absolute atomic E-state index is 10.9. The fourth-order valence-corrected chi connectivity index (χ4v) is 3.61. The highest BCUT2D eigenvalue weighted by atomic mass is 35.5. The molecule has 0 spiro atoms. The number of carboxylic acid groups (broad SMARTS) is 1. The fourth-order valence-electron chi connectivity index (χ4n) is 3.35. The van der Waals surface area contributed by atoms with Crippen molar-refractivity contribution >= 4 is 23.3 Å². The van der Waals surface area contributed by atoms with Crippen LogP contribution < -0.4 is 5.32 Å². The van der Waals surface area contributed by atoms with Crippen LogP contribution in [0.25, 0.3) is 0 Å². The van der Waals surface area contributed by atoms with Crippen LogP contribution in [0.4, 0.5) is 5.69 Å². The first-order chi connectivity index (χ1) is 13.1. The number of anilines is 1. The van der Waals surface area contributed by atoms with Gasteiger partial charge in [0.2, 0.25) is 0 Å². The summed E-state index contributed by atoms with van der Waals surface area (Å²) in [5, 5.41) is 12.6. The van der Waals surface area contributed by atoms with Crippen LogP contribution in [0.15, 0.2) is 18.2 Å². The van der Waals surface area contributed by atoms with Gasteiger partial charge in [-0.2, -0.15) is 0 Å². The van der Waals surface area contributed by atoms with E-state index in [1.807, 2.05) is 0 Å². The summed E-state index contributed by atoms with van der Waals surface area (Å²) in [5.74, 6) is -0.987. The molecule has 0 aliphatic carbocycles. The zero-order valence-electron chi connectivity index (χ0n) is 17.1. The van der Waals surface area contributed by atoms with Gasteiger partial charge in [0.05, 0.1) is 10.6 Å². The van der Waals surface area contributed by atoms with Crippen molar-refractivity contribution in [2.45, 2.75) is 96.8 Å². The van der Waals surface area contributed by atoms with Crippen molar-refractivity contribution in [1.82, 2.24) is 0 Å². The summed E-state index contributed by atoms with van der Waals surface area (Å²) < 4.78 is 0. The van der Waals surface area contributed by atoms with E-state index in [0.717, 1.165) is 18.7 Å². The maximum Gasteiger partial charge on any atom is 0.337 e. The molecule has 0 aromatic heterocycles. The molecule has 2 N–H and O–H groups in total. The topological polar surface area (TPSA) is 49.3 Å². The molecule has 0 amide bonds. The van der Waals surface area contributed by atoms with Crippen molar-refractivity contribution in [1.29, 1.82) is 0 Å². The number of carboxylic acids is 1.